The Balaban J connectivity index is 1.56. The third-order valence-corrected chi connectivity index (χ3v) is 7.03. The van der Waals surface area contributed by atoms with Crippen LogP contribution in [0.3, 0.4) is 0 Å². The summed E-state index contributed by atoms with van der Waals surface area (Å²) in [6.45, 7) is 4.34. The second kappa shape index (κ2) is 9.28. The molecule has 164 valence electrons. The number of nitrogens with zero attached hydrogens (tertiary/aromatic N) is 5. The summed E-state index contributed by atoms with van der Waals surface area (Å²) in [5.74, 6) is 0.973. The van der Waals surface area contributed by atoms with Crippen molar-refractivity contribution in [2.75, 3.05) is 25.0 Å². The molecule has 2 aromatic heterocycles. The van der Waals surface area contributed by atoms with Crippen molar-refractivity contribution >= 4 is 32.6 Å². The zero-order valence-corrected chi connectivity index (χ0v) is 19.2. The van der Waals surface area contributed by atoms with Crippen molar-refractivity contribution in [3.8, 4) is 0 Å². The summed E-state index contributed by atoms with van der Waals surface area (Å²) < 4.78 is 1.59. The number of Topliss-reactive ketones (excluding diaryl/α,β-unsaturated/α-hetero) is 1. The number of thiazole rings is 1. The fraction of sp³-hybridized carbons (Fsp3) is 0.478. The molecule has 1 atom stereocenters. The van der Waals surface area contributed by atoms with Gasteiger partial charge in [0.1, 0.15) is 5.82 Å². The smallest absolute Gasteiger partial charge is 0.280 e. The number of fused-ring (bicyclic) bond motifs is 1. The van der Waals surface area contributed by atoms with E-state index in [1.54, 1.807) is 11.6 Å². The van der Waals surface area contributed by atoms with Crippen LogP contribution in [0, 0.1) is 0 Å². The van der Waals surface area contributed by atoms with Crippen LogP contribution in [0.2, 0.25) is 0 Å². The highest BCUT2D eigenvalue weighted by Crippen LogP contribution is 2.32. The minimum absolute atomic E-state index is 0.127. The number of hydrogen-bond donors (Lipinski definition) is 0. The van der Waals surface area contributed by atoms with Gasteiger partial charge in [-0.05, 0) is 38.4 Å². The number of aryl methyl sites for hydroxylation is 1. The lowest BCUT2D eigenvalue weighted by Gasteiger charge is -2.22. The molecule has 3 heterocycles. The number of carbonyl (C=O) groups is 1. The molecule has 0 spiro atoms. The SMILES string of the molecule is CCN(C)Cc1nc2sc(N3CCC[C@@H]3C(=O)CCc3ccccc3)nc2c(=O)n1C. The Morgan fingerprint density at radius 1 is 1.26 bits per heavy atom. The first-order valence-electron chi connectivity index (χ1n) is 10.9. The van der Waals surface area contributed by atoms with Crippen LogP contribution in [0.1, 0.15) is 37.6 Å². The average molecular weight is 440 g/mol. The molecule has 1 fully saturated rings. The van der Waals surface area contributed by atoms with Crippen LogP contribution in [0.5, 0.6) is 0 Å². The van der Waals surface area contributed by atoms with Crippen molar-refractivity contribution < 1.29 is 4.79 Å². The van der Waals surface area contributed by atoms with E-state index < -0.39 is 0 Å². The number of carbonyl (C=O) groups excluding carboxylic acids is 1. The van der Waals surface area contributed by atoms with Gasteiger partial charge in [-0.25, -0.2) is 9.97 Å². The summed E-state index contributed by atoms with van der Waals surface area (Å²) >= 11 is 1.42. The second-order valence-corrected chi connectivity index (χ2v) is 9.13. The Hall–Kier alpha value is -2.58. The van der Waals surface area contributed by atoms with Crippen molar-refractivity contribution in [3.05, 3.63) is 52.1 Å². The molecule has 8 heteroatoms. The van der Waals surface area contributed by atoms with E-state index in [9.17, 15) is 9.59 Å². The largest absolute Gasteiger partial charge is 0.338 e. The molecule has 0 bridgehead atoms. The summed E-state index contributed by atoms with van der Waals surface area (Å²) in [6.07, 6.45) is 3.06. The maximum absolute atomic E-state index is 13.0. The van der Waals surface area contributed by atoms with Crippen LogP contribution < -0.4 is 10.5 Å². The van der Waals surface area contributed by atoms with Crippen molar-refractivity contribution in [3.63, 3.8) is 0 Å². The highest BCUT2D eigenvalue weighted by Gasteiger charge is 2.32. The number of ketones is 1. The topological polar surface area (TPSA) is 71.3 Å². The molecule has 3 aromatic rings. The zero-order valence-electron chi connectivity index (χ0n) is 18.4. The van der Waals surface area contributed by atoms with Crippen molar-refractivity contribution in [2.45, 2.75) is 45.2 Å². The number of anilines is 1. The predicted octanol–water partition coefficient (Wildman–Crippen LogP) is 3.01. The molecule has 4 rings (SSSR count). The van der Waals surface area contributed by atoms with Crippen LogP contribution in [-0.2, 0) is 24.8 Å². The van der Waals surface area contributed by atoms with Crippen molar-refractivity contribution in [2.24, 2.45) is 7.05 Å². The van der Waals surface area contributed by atoms with Gasteiger partial charge in [-0.2, -0.15) is 0 Å². The molecule has 7 nitrogen and oxygen atoms in total. The van der Waals surface area contributed by atoms with Crippen LogP contribution in [0.15, 0.2) is 35.1 Å². The predicted molar refractivity (Wildman–Crippen MR) is 125 cm³/mol. The monoisotopic (exact) mass is 439 g/mol. The van der Waals surface area contributed by atoms with Crippen molar-refractivity contribution in [1.29, 1.82) is 0 Å². The molecule has 0 radical (unpaired) electrons. The molecule has 0 N–H and O–H groups in total. The Morgan fingerprint density at radius 3 is 2.77 bits per heavy atom. The molecule has 0 aliphatic carbocycles. The van der Waals surface area contributed by atoms with Gasteiger partial charge in [0, 0.05) is 20.0 Å². The number of rotatable bonds is 8. The van der Waals surface area contributed by atoms with Crippen molar-refractivity contribution in [1.82, 2.24) is 19.4 Å². The number of benzene rings is 1. The van der Waals surface area contributed by atoms with Crippen LogP contribution >= 0.6 is 11.3 Å². The Bertz CT molecular complexity index is 1120. The summed E-state index contributed by atoms with van der Waals surface area (Å²) in [7, 11) is 3.75. The van der Waals surface area contributed by atoms with E-state index in [-0.39, 0.29) is 17.4 Å². The normalized spacial score (nSPS) is 16.5. The van der Waals surface area contributed by atoms with E-state index in [0.717, 1.165) is 43.3 Å². The third-order valence-electron chi connectivity index (χ3n) is 6.05. The molecule has 1 saturated heterocycles. The van der Waals surface area contributed by atoms with Gasteiger partial charge in [0.25, 0.3) is 5.56 Å². The lowest BCUT2D eigenvalue weighted by atomic mass is 10.0. The number of aromatic nitrogens is 3. The second-order valence-electron chi connectivity index (χ2n) is 8.18. The molecule has 1 aliphatic rings. The minimum atomic E-state index is -0.168. The summed E-state index contributed by atoms with van der Waals surface area (Å²) in [4.78, 5) is 40.1. The first-order valence-corrected chi connectivity index (χ1v) is 11.7. The fourth-order valence-corrected chi connectivity index (χ4v) is 5.04. The van der Waals surface area contributed by atoms with Gasteiger partial charge in [0.05, 0.1) is 12.6 Å². The molecule has 0 amide bonds. The summed E-state index contributed by atoms with van der Waals surface area (Å²) in [5, 5.41) is 0.733. The highest BCUT2D eigenvalue weighted by atomic mass is 32.1. The van der Waals surface area contributed by atoms with Gasteiger partial charge in [0.15, 0.2) is 21.3 Å². The Morgan fingerprint density at radius 2 is 2.03 bits per heavy atom. The first-order chi connectivity index (χ1) is 15.0. The van der Waals surface area contributed by atoms with E-state index in [0.29, 0.717) is 23.3 Å². The van der Waals surface area contributed by atoms with E-state index in [2.05, 4.69) is 33.8 Å². The standard InChI is InChI=1S/C23H29N5O2S/c1-4-26(2)15-19-24-21-20(22(30)27(19)3)25-23(31-21)28-14-8-11-17(28)18(29)13-12-16-9-6-5-7-10-16/h5-7,9-10,17H,4,8,11-15H2,1-3H3/t17-/m1/s1. The molecule has 0 saturated carbocycles. The minimum Gasteiger partial charge on any atom is -0.338 e. The van der Waals surface area contributed by atoms with Crippen LogP contribution in [-0.4, -0.2) is 51.4 Å². The fourth-order valence-electron chi connectivity index (χ4n) is 4.01. The molecule has 31 heavy (non-hydrogen) atoms. The third kappa shape index (κ3) is 4.55. The van der Waals surface area contributed by atoms with E-state index in [4.69, 9.17) is 4.98 Å². The Kier molecular flexibility index (Phi) is 6.48. The van der Waals surface area contributed by atoms with Gasteiger partial charge < -0.3 is 4.90 Å². The maximum Gasteiger partial charge on any atom is 0.280 e. The van der Waals surface area contributed by atoms with E-state index in [1.165, 1.54) is 16.9 Å². The van der Waals surface area contributed by atoms with Gasteiger partial charge in [-0.3, -0.25) is 19.1 Å². The van der Waals surface area contributed by atoms with Crippen LogP contribution in [0.4, 0.5) is 5.13 Å². The molecule has 1 aliphatic heterocycles. The Labute approximate surface area is 186 Å². The molecule has 1 aromatic carbocycles. The average Bonchev–Trinajstić information content (AvgIpc) is 3.43. The van der Waals surface area contributed by atoms with Gasteiger partial charge in [-0.1, -0.05) is 48.6 Å². The lowest BCUT2D eigenvalue weighted by molar-refractivity contribution is -0.120. The van der Waals surface area contributed by atoms with Gasteiger partial charge in [-0.15, -0.1) is 0 Å². The summed E-state index contributed by atoms with van der Waals surface area (Å²) in [5.41, 5.74) is 1.45. The van der Waals surface area contributed by atoms with Crippen LogP contribution in [0.25, 0.3) is 10.3 Å². The molecule has 0 unspecified atom stereocenters. The first kappa shape index (κ1) is 21.6. The molecular formula is C23H29N5O2S. The van der Waals surface area contributed by atoms with E-state index in [1.807, 2.05) is 25.2 Å². The van der Waals surface area contributed by atoms with E-state index >= 15 is 0 Å². The lowest BCUT2D eigenvalue weighted by Crippen LogP contribution is -2.36. The highest BCUT2D eigenvalue weighted by molar-refractivity contribution is 7.21. The zero-order chi connectivity index (χ0) is 22.0. The van der Waals surface area contributed by atoms with Gasteiger partial charge in [0.2, 0.25) is 0 Å². The maximum atomic E-state index is 13.0. The number of hydrogen-bond acceptors (Lipinski definition) is 7. The molecular weight excluding hydrogens is 410 g/mol. The summed E-state index contributed by atoms with van der Waals surface area (Å²) in [6, 6.07) is 9.94. The van der Waals surface area contributed by atoms with Gasteiger partial charge >= 0.3 is 0 Å². The quantitative estimate of drug-likeness (QED) is 0.537.